The summed E-state index contributed by atoms with van der Waals surface area (Å²) in [6.07, 6.45) is 3.28. The van der Waals surface area contributed by atoms with Gasteiger partial charge in [0.2, 0.25) is 5.88 Å². The Morgan fingerprint density at radius 3 is 2.76 bits per heavy atom. The van der Waals surface area contributed by atoms with Gasteiger partial charge in [-0.05, 0) is 24.6 Å². The van der Waals surface area contributed by atoms with Crippen LogP contribution in [0.1, 0.15) is 5.56 Å². The maximum absolute atomic E-state index is 6.28. The molecule has 128 valence electrons. The summed E-state index contributed by atoms with van der Waals surface area (Å²) in [6.45, 7) is 5.66. The van der Waals surface area contributed by atoms with Gasteiger partial charge in [0.1, 0.15) is 17.7 Å². The van der Waals surface area contributed by atoms with Gasteiger partial charge < -0.3 is 15.0 Å². The number of ether oxygens (including phenoxy) is 1. The van der Waals surface area contributed by atoms with Crippen molar-refractivity contribution in [1.82, 2.24) is 20.3 Å². The average Bonchev–Trinajstić information content (AvgIpc) is 2.65. The number of nitrogens with one attached hydrogen (secondary N) is 1. The molecule has 1 aromatic carbocycles. The Bertz CT molecular complexity index is 891. The fourth-order valence-corrected chi connectivity index (χ4v) is 3.26. The minimum atomic E-state index is 0.437. The summed E-state index contributed by atoms with van der Waals surface area (Å²) in [5.74, 6) is 1.95. The van der Waals surface area contributed by atoms with E-state index in [0.717, 1.165) is 42.9 Å². The Balaban J connectivity index is 1.78. The van der Waals surface area contributed by atoms with Crippen LogP contribution in [0.15, 0.2) is 36.8 Å². The van der Waals surface area contributed by atoms with Gasteiger partial charge in [-0.3, -0.25) is 0 Å². The summed E-state index contributed by atoms with van der Waals surface area (Å²) in [6, 6.07) is 7.58. The molecule has 1 saturated heterocycles. The number of aromatic nitrogens is 3. The second-order valence-electron chi connectivity index (χ2n) is 5.93. The summed E-state index contributed by atoms with van der Waals surface area (Å²) in [4.78, 5) is 15.5. The first-order valence-electron chi connectivity index (χ1n) is 8.22. The van der Waals surface area contributed by atoms with Crippen molar-refractivity contribution in [2.75, 3.05) is 31.1 Å². The zero-order chi connectivity index (χ0) is 17.2. The van der Waals surface area contributed by atoms with Crippen LogP contribution in [0.4, 0.5) is 5.82 Å². The van der Waals surface area contributed by atoms with Gasteiger partial charge in [-0.25, -0.2) is 15.0 Å². The number of piperazine rings is 1. The third kappa shape index (κ3) is 3.10. The molecule has 1 aliphatic rings. The number of benzene rings is 1. The van der Waals surface area contributed by atoms with E-state index in [4.69, 9.17) is 16.3 Å². The van der Waals surface area contributed by atoms with Crippen LogP contribution in [0.25, 0.3) is 10.9 Å². The van der Waals surface area contributed by atoms with Crippen LogP contribution in [-0.4, -0.2) is 41.1 Å². The number of rotatable bonds is 3. The average molecular weight is 356 g/mol. The van der Waals surface area contributed by atoms with Crippen molar-refractivity contribution >= 4 is 28.3 Å². The Hall–Kier alpha value is -2.44. The molecule has 0 bridgehead atoms. The number of nitrogens with zero attached hydrogens (tertiary/aromatic N) is 4. The molecule has 7 heteroatoms. The van der Waals surface area contributed by atoms with Crippen LogP contribution in [0, 0.1) is 6.92 Å². The van der Waals surface area contributed by atoms with Crippen LogP contribution < -0.4 is 15.0 Å². The smallest absolute Gasteiger partial charge is 0.246 e. The number of halogens is 1. The third-order valence-corrected chi connectivity index (χ3v) is 4.58. The van der Waals surface area contributed by atoms with Crippen molar-refractivity contribution < 1.29 is 4.74 Å². The second-order valence-corrected chi connectivity index (χ2v) is 6.34. The molecule has 0 spiro atoms. The monoisotopic (exact) mass is 355 g/mol. The standard InChI is InChI=1S/C18H18ClN5O/c1-12-3-2-4-14(19)16(12)25-18-15-13(5-6-21-18)17(23-11-22-15)24-9-7-20-8-10-24/h2-6,11,20H,7-10H2,1H3. The first kappa shape index (κ1) is 16.1. The van der Waals surface area contributed by atoms with E-state index < -0.39 is 0 Å². The number of hydrogen-bond donors (Lipinski definition) is 1. The molecule has 0 aliphatic carbocycles. The van der Waals surface area contributed by atoms with Gasteiger partial charge in [0, 0.05) is 37.8 Å². The van der Waals surface area contributed by atoms with Gasteiger partial charge in [0.05, 0.1) is 5.02 Å². The molecule has 4 rings (SSSR count). The van der Waals surface area contributed by atoms with E-state index in [1.165, 1.54) is 0 Å². The second kappa shape index (κ2) is 6.82. The Kier molecular flexibility index (Phi) is 4.38. The summed E-state index contributed by atoms with van der Waals surface area (Å²) >= 11 is 6.28. The van der Waals surface area contributed by atoms with Crippen molar-refractivity contribution in [3.8, 4) is 11.6 Å². The fourth-order valence-electron chi connectivity index (χ4n) is 3.00. The maximum Gasteiger partial charge on any atom is 0.246 e. The maximum atomic E-state index is 6.28. The minimum absolute atomic E-state index is 0.437. The van der Waals surface area contributed by atoms with Crippen molar-refractivity contribution in [3.05, 3.63) is 47.4 Å². The van der Waals surface area contributed by atoms with E-state index in [-0.39, 0.29) is 0 Å². The number of anilines is 1. The van der Waals surface area contributed by atoms with Crippen LogP contribution >= 0.6 is 11.6 Å². The minimum Gasteiger partial charge on any atom is -0.435 e. The topological polar surface area (TPSA) is 63.2 Å². The Morgan fingerprint density at radius 1 is 1.12 bits per heavy atom. The Morgan fingerprint density at radius 2 is 1.96 bits per heavy atom. The highest BCUT2D eigenvalue weighted by molar-refractivity contribution is 6.32. The van der Waals surface area contributed by atoms with Gasteiger partial charge in [-0.1, -0.05) is 23.7 Å². The number of fused-ring (bicyclic) bond motifs is 1. The molecule has 25 heavy (non-hydrogen) atoms. The van der Waals surface area contributed by atoms with E-state index in [1.54, 1.807) is 18.6 Å². The predicted octanol–water partition coefficient (Wildman–Crippen LogP) is 3.19. The van der Waals surface area contributed by atoms with Crippen LogP contribution in [0.2, 0.25) is 5.02 Å². The zero-order valence-electron chi connectivity index (χ0n) is 13.9. The van der Waals surface area contributed by atoms with Gasteiger partial charge in [-0.2, -0.15) is 0 Å². The molecule has 3 heterocycles. The number of para-hydroxylation sites is 1. The predicted molar refractivity (Wildman–Crippen MR) is 98.7 cm³/mol. The molecule has 0 saturated carbocycles. The van der Waals surface area contributed by atoms with Crippen LogP contribution in [0.5, 0.6) is 11.6 Å². The molecule has 1 aliphatic heterocycles. The third-order valence-electron chi connectivity index (χ3n) is 4.28. The highest BCUT2D eigenvalue weighted by Crippen LogP contribution is 2.35. The fraction of sp³-hybridized carbons (Fsp3) is 0.278. The molecule has 1 fully saturated rings. The number of hydrogen-bond acceptors (Lipinski definition) is 6. The molecule has 2 aromatic heterocycles. The lowest BCUT2D eigenvalue weighted by atomic mass is 10.2. The molecular weight excluding hydrogens is 338 g/mol. The van der Waals surface area contributed by atoms with Crippen LogP contribution in [-0.2, 0) is 0 Å². The van der Waals surface area contributed by atoms with Crippen molar-refractivity contribution in [2.45, 2.75) is 6.92 Å². The van der Waals surface area contributed by atoms with Crippen LogP contribution in [0.3, 0.4) is 0 Å². The highest BCUT2D eigenvalue weighted by atomic mass is 35.5. The van der Waals surface area contributed by atoms with E-state index in [9.17, 15) is 0 Å². The lowest BCUT2D eigenvalue weighted by molar-refractivity contribution is 0.464. The van der Waals surface area contributed by atoms with E-state index in [2.05, 4.69) is 25.2 Å². The first-order valence-corrected chi connectivity index (χ1v) is 8.60. The van der Waals surface area contributed by atoms with Crippen molar-refractivity contribution in [1.29, 1.82) is 0 Å². The van der Waals surface area contributed by atoms with Gasteiger partial charge in [0.15, 0.2) is 5.75 Å². The quantitative estimate of drug-likeness (QED) is 0.778. The molecular formula is C18H18ClN5O. The number of pyridine rings is 1. The van der Waals surface area contributed by atoms with Gasteiger partial charge in [0.25, 0.3) is 0 Å². The summed E-state index contributed by atoms with van der Waals surface area (Å²) in [5.41, 5.74) is 1.63. The van der Waals surface area contributed by atoms with Crippen molar-refractivity contribution in [2.24, 2.45) is 0 Å². The lowest BCUT2D eigenvalue weighted by Gasteiger charge is -2.29. The normalized spacial score (nSPS) is 14.7. The van der Waals surface area contributed by atoms with E-state index in [0.29, 0.717) is 22.2 Å². The van der Waals surface area contributed by atoms with E-state index >= 15 is 0 Å². The molecule has 0 atom stereocenters. The molecule has 6 nitrogen and oxygen atoms in total. The zero-order valence-corrected chi connectivity index (χ0v) is 14.6. The van der Waals surface area contributed by atoms with Crippen molar-refractivity contribution in [3.63, 3.8) is 0 Å². The van der Waals surface area contributed by atoms with E-state index in [1.807, 2.05) is 25.1 Å². The molecule has 0 radical (unpaired) electrons. The first-order chi connectivity index (χ1) is 12.2. The highest BCUT2D eigenvalue weighted by Gasteiger charge is 2.18. The largest absolute Gasteiger partial charge is 0.435 e. The molecule has 3 aromatic rings. The molecule has 0 unspecified atom stereocenters. The summed E-state index contributed by atoms with van der Waals surface area (Å²) in [5, 5.41) is 4.83. The summed E-state index contributed by atoms with van der Waals surface area (Å²) < 4.78 is 6.03. The summed E-state index contributed by atoms with van der Waals surface area (Å²) in [7, 11) is 0. The Labute approximate surface area is 150 Å². The van der Waals surface area contributed by atoms with Gasteiger partial charge >= 0.3 is 0 Å². The molecule has 1 N–H and O–H groups in total. The molecule has 0 amide bonds. The van der Waals surface area contributed by atoms with Gasteiger partial charge in [-0.15, -0.1) is 0 Å². The SMILES string of the molecule is Cc1cccc(Cl)c1Oc1nccc2c(N3CCNCC3)ncnc12. The number of aryl methyl sites for hydroxylation is 1. The lowest BCUT2D eigenvalue weighted by Crippen LogP contribution is -2.44.